The van der Waals surface area contributed by atoms with Crippen LogP contribution in [0.2, 0.25) is 0 Å². The van der Waals surface area contributed by atoms with Gasteiger partial charge in [0, 0.05) is 36.5 Å². The van der Waals surface area contributed by atoms with Crippen molar-refractivity contribution in [1.82, 2.24) is 14.9 Å². The van der Waals surface area contributed by atoms with Crippen LogP contribution in [0.15, 0.2) is 47.3 Å². The van der Waals surface area contributed by atoms with Crippen LogP contribution in [0.5, 0.6) is 0 Å². The van der Waals surface area contributed by atoms with E-state index in [2.05, 4.69) is 16.8 Å². The van der Waals surface area contributed by atoms with Crippen LogP contribution in [0.3, 0.4) is 0 Å². The second kappa shape index (κ2) is 7.85. The minimum absolute atomic E-state index is 0.234. The quantitative estimate of drug-likeness (QED) is 0.648. The van der Waals surface area contributed by atoms with Gasteiger partial charge in [0.2, 0.25) is 5.82 Å². The lowest BCUT2D eigenvalue weighted by Crippen LogP contribution is -2.36. The SMILES string of the molecule is O=c1[nH]c(C(F)(F)F)nc2c1CN(Cc1ccc(C#Cc3ccccc3)s1)CC2. The Kier molecular flexibility index (Phi) is 5.26. The van der Waals surface area contributed by atoms with Crippen molar-refractivity contribution >= 4 is 11.3 Å². The minimum atomic E-state index is -4.65. The van der Waals surface area contributed by atoms with Crippen LogP contribution < -0.4 is 5.56 Å². The molecule has 3 heterocycles. The summed E-state index contributed by atoms with van der Waals surface area (Å²) in [6.07, 6.45) is -4.34. The van der Waals surface area contributed by atoms with Gasteiger partial charge in [-0.2, -0.15) is 13.2 Å². The number of nitrogens with zero attached hydrogens (tertiary/aromatic N) is 2. The maximum Gasteiger partial charge on any atom is 0.449 e. The van der Waals surface area contributed by atoms with Crippen molar-refractivity contribution in [2.24, 2.45) is 0 Å². The molecule has 1 aliphatic heterocycles. The predicted octanol–water partition coefficient (Wildman–Crippen LogP) is 3.81. The largest absolute Gasteiger partial charge is 0.449 e. The molecule has 3 aromatic rings. The molecular weight excluding hydrogens is 399 g/mol. The van der Waals surface area contributed by atoms with Gasteiger partial charge in [-0.05, 0) is 24.3 Å². The summed E-state index contributed by atoms with van der Waals surface area (Å²) in [5.74, 6) is 5.03. The summed E-state index contributed by atoms with van der Waals surface area (Å²) < 4.78 is 38.5. The van der Waals surface area contributed by atoms with Crippen LogP contribution in [-0.4, -0.2) is 21.4 Å². The van der Waals surface area contributed by atoms with Crippen molar-refractivity contribution in [2.45, 2.75) is 25.7 Å². The summed E-state index contributed by atoms with van der Waals surface area (Å²) in [7, 11) is 0. The molecule has 0 amide bonds. The Morgan fingerprint density at radius 2 is 1.93 bits per heavy atom. The zero-order chi connectivity index (χ0) is 20.4. The van der Waals surface area contributed by atoms with Crippen molar-refractivity contribution in [3.8, 4) is 11.8 Å². The molecule has 2 aromatic heterocycles. The normalized spacial score (nSPS) is 14.2. The molecule has 0 radical (unpaired) electrons. The Bertz CT molecular complexity index is 1140. The number of fused-ring (bicyclic) bond motifs is 1. The number of aromatic amines is 1. The molecule has 1 N–H and O–H groups in total. The molecule has 8 heteroatoms. The predicted molar refractivity (Wildman–Crippen MR) is 104 cm³/mol. The van der Waals surface area contributed by atoms with E-state index in [0.717, 1.165) is 15.3 Å². The van der Waals surface area contributed by atoms with Gasteiger partial charge >= 0.3 is 6.18 Å². The summed E-state index contributed by atoms with van der Waals surface area (Å²) >= 11 is 1.57. The van der Waals surface area contributed by atoms with E-state index in [-0.39, 0.29) is 12.2 Å². The number of nitrogens with one attached hydrogen (secondary N) is 1. The lowest BCUT2D eigenvalue weighted by atomic mass is 10.1. The molecule has 0 unspecified atom stereocenters. The highest BCUT2D eigenvalue weighted by molar-refractivity contribution is 7.12. The molecule has 0 fully saturated rings. The van der Waals surface area contributed by atoms with E-state index in [1.165, 1.54) is 0 Å². The summed E-state index contributed by atoms with van der Waals surface area (Å²) in [6.45, 7) is 1.43. The molecule has 0 saturated carbocycles. The highest BCUT2D eigenvalue weighted by Crippen LogP contribution is 2.27. The lowest BCUT2D eigenvalue weighted by Gasteiger charge is -2.27. The first-order valence-electron chi connectivity index (χ1n) is 8.96. The number of aromatic nitrogens is 2. The molecule has 29 heavy (non-hydrogen) atoms. The van der Waals surface area contributed by atoms with Crippen molar-refractivity contribution in [3.05, 3.63) is 85.2 Å². The molecule has 148 valence electrons. The molecule has 1 aliphatic rings. The highest BCUT2D eigenvalue weighted by Gasteiger charge is 2.35. The fourth-order valence-corrected chi connectivity index (χ4v) is 4.06. The maximum absolute atomic E-state index is 12.8. The smallest absolute Gasteiger partial charge is 0.303 e. The van der Waals surface area contributed by atoms with Crippen molar-refractivity contribution < 1.29 is 13.2 Å². The highest BCUT2D eigenvalue weighted by atomic mass is 32.1. The number of benzene rings is 1. The molecule has 0 bridgehead atoms. The zero-order valence-electron chi connectivity index (χ0n) is 15.2. The fourth-order valence-electron chi connectivity index (χ4n) is 3.16. The molecule has 0 spiro atoms. The third-order valence-corrected chi connectivity index (χ3v) is 5.55. The first-order valence-corrected chi connectivity index (χ1v) is 9.77. The van der Waals surface area contributed by atoms with E-state index in [9.17, 15) is 18.0 Å². The Morgan fingerprint density at radius 1 is 1.14 bits per heavy atom. The number of thiophene rings is 1. The van der Waals surface area contributed by atoms with Gasteiger partial charge in [0.25, 0.3) is 5.56 Å². The maximum atomic E-state index is 12.8. The summed E-state index contributed by atoms with van der Waals surface area (Å²) in [5.41, 5.74) is 0.774. The van der Waals surface area contributed by atoms with Crippen LogP contribution in [0.25, 0.3) is 0 Å². The number of alkyl halides is 3. The lowest BCUT2D eigenvalue weighted by molar-refractivity contribution is -0.145. The van der Waals surface area contributed by atoms with Crippen molar-refractivity contribution in [2.75, 3.05) is 6.54 Å². The van der Waals surface area contributed by atoms with Crippen molar-refractivity contribution in [1.29, 1.82) is 0 Å². The van der Waals surface area contributed by atoms with E-state index in [4.69, 9.17) is 0 Å². The Morgan fingerprint density at radius 3 is 2.69 bits per heavy atom. The third kappa shape index (κ3) is 4.58. The number of halogens is 3. The second-order valence-electron chi connectivity index (χ2n) is 6.68. The molecular formula is C21H16F3N3OS. The standard InChI is InChI=1S/C21H16F3N3OS/c22-21(23,24)20-25-18-10-11-27(13-17(18)19(28)26-20)12-16-9-8-15(29-16)7-6-14-4-2-1-3-5-14/h1-5,8-9H,10-13H2,(H,25,26,28). The number of hydrogen-bond acceptors (Lipinski definition) is 4. The molecule has 0 aliphatic carbocycles. The first kappa shape index (κ1) is 19.4. The molecule has 4 nitrogen and oxygen atoms in total. The van der Waals surface area contributed by atoms with E-state index in [0.29, 0.717) is 25.1 Å². The van der Waals surface area contributed by atoms with Crippen molar-refractivity contribution in [3.63, 3.8) is 0 Å². The van der Waals surface area contributed by atoms with Gasteiger partial charge in [-0.25, -0.2) is 4.98 Å². The molecule has 4 rings (SSSR count). The summed E-state index contributed by atoms with van der Waals surface area (Å²) in [4.78, 5) is 21.7. The van der Waals surface area contributed by atoms with Crippen LogP contribution in [0.1, 0.15) is 32.4 Å². The van der Waals surface area contributed by atoms with E-state index < -0.39 is 17.6 Å². The van der Waals surface area contributed by atoms with Gasteiger partial charge in [-0.3, -0.25) is 9.69 Å². The summed E-state index contributed by atoms with van der Waals surface area (Å²) in [6, 6.07) is 13.7. The summed E-state index contributed by atoms with van der Waals surface area (Å²) in [5, 5.41) is 0. The number of hydrogen-bond donors (Lipinski definition) is 1. The van der Waals surface area contributed by atoms with Gasteiger partial charge in [0.15, 0.2) is 0 Å². The van der Waals surface area contributed by atoms with Crippen LogP contribution in [0, 0.1) is 11.8 Å². The minimum Gasteiger partial charge on any atom is -0.303 e. The molecule has 0 atom stereocenters. The van der Waals surface area contributed by atoms with Gasteiger partial charge < -0.3 is 4.98 Å². The van der Waals surface area contributed by atoms with E-state index in [1.54, 1.807) is 11.3 Å². The second-order valence-corrected chi connectivity index (χ2v) is 7.85. The van der Waals surface area contributed by atoms with E-state index in [1.807, 2.05) is 52.3 Å². The van der Waals surface area contributed by atoms with Gasteiger partial charge in [0.1, 0.15) is 0 Å². The fraction of sp³-hybridized carbons (Fsp3) is 0.238. The van der Waals surface area contributed by atoms with E-state index >= 15 is 0 Å². The number of H-pyrrole nitrogens is 1. The van der Waals surface area contributed by atoms with Gasteiger partial charge in [0.05, 0.1) is 16.1 Å². The Hall–Kier alpha value is -2.89. The molecule has 1 aromatic carbocycles. The van der Waals surface area contributed by atoms with Gasteiger partial charge in [-0.15, -0.1) is 11.3 Å². The Labute approximate surface area is 169 Å². The van der Waals surface area contributed by atoms with Crippen LogP contribution in [-0.2, 0) is 25.7 Å². The third-order valence-electron chi connectivity index (χ3n) is 4.56. The zero-order valence-corrected chi connectivity index (χ0v) is 16.0. The monoisotopic (exact) mass is 415 g/mol. The molecule has 0 saturated heterocycles. The average Bonchev–Trinajstić information content (AvgIpc) is 3.14. The number of rotatable bonds is 2. The first-order chi connectivity index (χ1) is 13.9. The van der Waals surface area contributed by atoms with Gasteiger partial charge in [-0.1, -0.05) is 30.0 Å². The van der Waals surface area contributed by atoms with Crippen LogP contribution in [0.4, 0.5) is 13.2 Å². The topological polar surface area (TPSA) is 49.0 Å². The Balaban J connectivity index is 1.46. The average molecular weight is 415 g/mol. The van der Waals surface area contributed by atoms with Crippen LogP contribution >= 0.6 is 11.3 Å².